The molecule has 0 radical (unpaired) electrons. The van der Waals surface area contributed by atoms with Crippen LogP contribution in [0.1, 0.15) is 12.5 Å². The maximum absolute atomic E-state index is 12.1. The highest BCUT2D eigenvalue weighted by Gasteiger charge is 2.09. The van der Waals surface area contributed by atoms with Gasteiger partial charge in [-0.05, 0) is 43.3 Å². The molecular formula is C19H15BrN2O4. The minimum Gasteiger partial charge on any atom is -0.484 e. The van der Waals surface area contributed by atoms with Crippen LogP contribution in [0.4, 0.5) is 0 Å². The van der Waals surface area contributed by atoms with Gasteiger partial charge in [0.1, 0.15) is 11.3 Å². The molecule has 7 heteroatoms. The average molecular weight is 415 g/mol. The molecule has 1 N–H and O–H groups in total. The number of hydrazone groups is 1. The van der Waals surface area contributed by atoms with E-state index in [0.29, 0.717) is 17.0 Å². The highest BCUT2D eigenvalue weighted by Crippen LogP contribution is 2.16. The van der Waals surface area contributed by atoms with Crippen molar-refractivity contribution in [1.82, 2.24) is 5.43 Å². The molecule has 0 spiro atoms. The summed E-state index contributed by atoms with van der Waals surface area (Å²) in [4.78, 5) is 23.9. The molecule has 3 rings (SSSR count). The normalized spacial score (nSPS) is 11.4. The Bertz CT molecular complexity index is 1030. The second-order valence-corrected chi connectivity index (χ2v) is 6.38. The fraction of sp³-hybridized carbons (Fsp3) is 0.105. The van der Waals surface area contributed by atoms with Gasteiger partial charge >= 0.3 is 5.63 Å². The summed E-state index contributed by atoms with van der Waals surface area (Å²) in [5.41, 5.74) is 3.00. The summed E-state index contributed by atoms with van der Waals surface area (Å²) in [6, 6.07) is 16.0. The molecule has 0 unspecified atom stereocenters. The molecule has 0 saturated heterocycles. The molecule has 1 amide bonds. The van der Waals surface area contributed by atoms with Crippen LogP contribution in [0.5, 0.6) is 5.75 Å². The van der Waals surface area contributed by atoms with Gasteiger partial charge in [0.25, 0.3) is 5.91 Å². The predicted octanol–water partition coefficient (Wildman–Crippen LogP) is 3.47. The van der Waals surface area contributed by atoms with E-state index in [0.717, 1.165) is 9.86 Å². The van der Waals surface area contributed by atoms with E-state index in [9.17, 15) is 9.59 Å². The Kier molecular flexibility index (Phi) is 5.48. The number of nitrogens with one attached hydrogen (secondary N) is 1. The highest BCUT2D eigenvalue weighted by molar-refractivity contribution is 9.10. The third kappa shape index (κ3) is 4.37. The van der Waals surface area contributed by atoms with Gasteiger partial charge in [-0.1, -0.05) is 34.1 Å². The number of ether oxygens (including phenoxy) is 1. The van der Waals surface area contributed by atoms with Crippen LogP contribution in [-0.2, 0) is 4.79 Å². The molecule has 6 nitrogen and oxygen atoms in total. The first kappa shape index (κ1) is 17.9. The lowest BCUT2D eigenvalue weighted by Gasteiger charge is -2.06. The zero-order valence-electron chi connectivity index (χ0n) is 13.9. The van der Waals surface area contributed by atoms with Gasteiger partial charge in [-0.2, -0.15) is 5.10 Å². The highest BCUT2D eigenvalue weighted by atomic mass is 79.9. The van der Waals surface area contributed by atoms with Crippen LogP contribution in [0.25, 0.3) is 11.0 Å². The maximum atomic E-state index is 12.1. The standard InChI is InChI=1S/C19H15BrN2O4/c1-12(16-10-13-4-2-3-5-17(13)26-19(16)24)21-22-18(23)11-25-15-8-6-14(20)7-9-15/h2-10H,11H2,1H3,(H,22,23)/b21-12+. The van der Waals surface area contributed by atoms with Gasteiger partial charge in [-0.15, -0.1) is 0 Å². The van der Waals surface area contributed by atoms with Crippen molar-refractivity contribution in [1.29, 1.82) is 0 Å². The Morgan fingerprint density at radius 1 is 1.19 bits per heavy atom. The van der Waals surface area contributed by atoms with E-state index in [1.807, 2.05) is 24.3 Å². The molecule has 0 atom stereocenters. The third-order valence-corrected chi connectivity index (χ3v) is 4.09. The molecule has 3 aromatic rings. The Balaban J connectivity index is 1.66. The van der Waals surface area contributed by atoms with Crippen molar-refractivity contribution < 1.29 is 13.9 Å². The number of rotatable bonds is 5. The Morgan fingerprint density at radius 2 is 1.92 bits per heavy atom. The van der Waals surface area contributed by atoms with Crippen LogP contribution in [0.15, 0.2) is 73.4 Å². The van der Waals surface area contributed by atoms with Crippen LogP contribution in [-0.4, -0.2) is 18.2 Å². The third-order valence-electron chi connectivity index (χ3n) is 3.56. The topological polar surface area (TPSA) is 80.9 Å². The van der Waals surface area contributed by atoms with Gasteiger partial charge in [0.15, 0.2) is 6.61 Å². The maximum Gasteiger partial charge on any atom is 0.345 e. The van der Waals surface area contributed by atoms with Crippen LogP contribution >= 0.6 is 15.9 Å². The smallest absolute Gasteiger partial charge is 0.345 e. The van der Waals surface area contributed by atoms with Crippen molar-refractivity contribution in [3.63, 3.8) is 0 Å². The number of nitrogens with zero attached hydrogens (tertiary/aromatic N) is 1. The van der Waals surface area contributed by atoms with Gasteiger partial charge in [0.05, 0.1) is 11.3 Å². The summed E-state index contributed by atoms with van der Waals surface area (Å²) in [6.07, 6.45) is 0. The second-order valence-electron chi connectivity index (χ2n) is 5.46. The number of carbonyl (C=O) groups is 1. The number of fused-ring (bicyclic) bond motifs is 1. The average Bonchev–Trinajstić information content (AvgIpc) is 2.65. The van der Waals surface area contributed by atoms with E-state index in [-0.39, 0.29) is 12.2 Å². The van der Waals surface area contributed by atoms with Crippen molar-refractivity contribution >= 4 is 38.5 Å². The van der Waals surface area contributed by atoms with Crippen LogP contribution in [0.2, 0.25) is 0 Å². The summed E-state index contributed by atoms with van der Waals surface area (Å²) >= 11 is 3.32. The van der Waals surface area contributed by atoms with E-state index in [1.165, 1.54) is 0 Å². The van der Waals surface area contributed by atoms with E-state index in [4.69, 9.17) is 9.15 Å². The first-order valence-corrected chi connectivity index (χ1v) is 8.57. The van der Waals surface area contributed by atoms with E-state index >= 15 is 0 Å². The molecule has 0 bridgehead atoms. The number of halogens is 1. The van der Waals surface area contributed by atoms with Crippen LogP contribution in [0.3, 0.4) is 0 Å². The van der Waals surface area contributed by atoms with Crippen molar-refractivity contribution in [2.75, 3.05) is 6.61 Å². The largest absolute Gasteiger partial charge is 0.484 e. The van der Waals surface area contributed by atoms with Crippen molar-refractivity contribution in [2.24, 2.45) is 5.10 Å². The monoisotopic (exact) mass is 414 g/mol. The summed E-state index contributed by atoms with van der Waals surface area (Å²) in [7, 11) is 0. The number of hydrogen-bond acceptors (Lipinski definition) is 5. The van der Waals surface area contributed by atoms with Gasteiger partial charge in [-0.25, -0.2) is 10.2 Å². The van der Waals surface area contributed by atoms with E-state index < -0.39 is 11.5 Å². The second kappa shape index (κ2) is 7.97. The number of hydrogen-bond donors (Lipinski definition) is 1. The van der Waals surface area contributed by atoms with Crippen molar-refractivity contribution in [3.8, 4) is 5.75 Å². The fourth-order valence-corrected chi connectivity index (χ4v) is 2.50. The summed E-state index contributed by atoms with van der Waals surface area (Å²) in [5, 5.41) is 4.74. The quantitative estimate of drug-likeness (QED) is 0.393. The number of carbonyl (C=O) groups excluding carboxylic acids is 1. The SMILES string of the molecule is C/C(=N\NC(=O)COc1ccc(Br)cc1)c1cc2ccccc2oc1=O. The molecule has 2 aromatic carbocycles. The Morgan fingerprint density at radius 3 is 2.69 bits per heavy atom. The summed E-state index contributed by atoms with van der Waals surface area (Å²) in [5.74, 6) is 0.136. The molecule has 132 valence electrons. The van der Waals surface area contributed by atoms with Crippen molar-refractivity contribution in [3.05, 3.63) is 75.1 Å². The first-order valence-electron chi connectivity index (χ1n) is 7.78. The van der Waals surface area contributed by atoms with E-state index in [1.54, 1.807) is 37.3 Å². The predicted molar refractivity (Wildman–Crippen MR) is 102 cm³/mol. The zero-order valence-corrected chi connectivity index (χ0v) is 15.4. The molecule has 0 saturated carbocycles. The van der Waals surface area contributed by atoms with Crippen LogP contribution in [0, 0.1) is 0 Å². The summed E-state index contributed by atoms with van der Waals surface area (Å²) in [6.45, 7) is 1.43. The molecular weight excluding hydrogens is 400 g/mol. The number of benzene rings is 2. The fourth-order valence-electron chi connectivity index (χ4n) is 2.23. The minimum absolute atomic E-state index is 0.190. The molecule has 1 heterocycles. The van der Waals surface area contributed by atoms with Crippen LogP contribution < -0.4 is 15.8 Å². The molecule has 0 aliphatic rings. The Hall–Kier alpha value is -2.93. The lowest BCUT2D eigenvalue weighted by atomic mass is 10.1. The lowest BCUT2D eigenvalue weighted by molar-refractivity contribution is -0.123. The molecule has 0 aliphatic heterocycles. The van der Waals surface area contributed by atoms with Gasteiger partial charge < -0.3 is 9.15 Å². The Labute approximate surface area is 157 Å². The zero-order chi connectivity index (χ0) is 18.5. The number of amides is 1. The molecule has 0 fully saturated rings. The van der Waals surface area contributed by atoms with Gasteiger partial charge in [0, 0.05) is 9.86 Å². The molecule has 1 aromatic heterocycles. The van der Waals surface area contributed by atoms with Gasteiger partial charge in [0.2, 0.25) is 0 Å². The minimum atomic E-state index is -0.509. The first-order chi connectivity index (χ1) is 12.5. The molecule has 0 aliphatic carbocycles. The lowest BCUT2D eigenvalue weighted by Crippen LogP contribution is -2.26. The summed E-state index contributed by atoms with van der Waals surface area (Å²) < 4.78 is 11.5. The van der Waals surface area contributed by atoms with E-state index in [2.05, 4.69) is 26.5 Å². The van der Waals surface area contributed by atoms with Gasteiger partial charge in [-0.3, -0.25) is 4.79 Å². The van der Waals surface area contributed by atoms with Crippen molar-refractivity contribution in [2.45, 2.75) is 6.92 Å². The number of para-hydroxylation sites is 1. The molecule has 26 heavy (non-hydrogen) atoms.